The molecule has 1 unspecified atom stereocenters. The summed E-state index contributed by atoms with van der Waals surface area (Å²) in [5.41, 5.74) is 0.485. The number of amides is 2. The summed E-state index contributed by atoms with van der Waals surface area (Å²) < 4.78 is 4.85. The van der Waals surface area contributed by atoms with Gasteiger partial charge in [0.15, 0.2) is 5.82 Å². The van der Waals surface area contributed by atoms with Crippen molar-refractivity contribution in [3.63, 3.8) is 0 Å². The Balaban J connectivity index is 1.80. The molecule has 0 bridgehead atoms. The molecule has 118 valence electrons. The van der Waals surface area contributed by atoms with Crippen LogP contribution in [0.4, 0.5) is 4.79 Å². The molecule has 1 heterocycles. The number of aliphatic hydroxyl groups is 1. The summed E-state index contributed by atoms with van der Waals surface area (Å²) in [6.45, 7) is 1.78. The van der Waals surface area contributed by atoms with Gasteiger partial charge >= 0.3 is 6.03 Å². The van der Waals surface area contributed by atoms with Crippen molar-refractivity contribution in [1.82, 2.24) is 20.8 Å². The molecule has 0 saturated heterocycles. The van der Waals surface area contributed by atoms with E-state index in [9.17, 15) is 9.90 Å². The summed E-state index contributed by atoms with van der Waals surface area (Å²) in [7, 11) is 0. The topological polar surface area (TPSA) is 100 Å². The van der Waals surface area contributed by atoms with Gasteiger partial charge in [-0.1, -0.05) is 34.4 Å². The number of aromatic nitrogens is 2. The largest absolute Gasteiger partial charge is 0.387 e. The average Bonchev–Trinajstić information content (AvgIpc) is 2.88. The number of rotatable bonds is 5. The van der Waals surface area contributed by atoms with Crippen molar-refractivity contribution in [2.75, 3.05) is 6.54 Å². The van der Waals surface area contributed by atoms with Gasteiger partial charge < -0.3 is 20.3 Å². The molecule has 1 aromatic heterocycles. The normalized spacial score (nSPS) is 12.0. The smallest absolute Gasteiger partial charge is 0.315 e. The van der Waals surface area contributed by atoms with Crippen LogP contribution in [-0.2, 0) is 6.54 Å². The molecule has 0 aliphatic rings. The first-order valence-corrected chi connectivity index (χ1v) is 7.15. The number of hydrogen-bond acceptors (Lipinski definition) is 5. The number of nitrogens with zero attached hydrogens (tertiary/aromatic N) is 2. The van der Waals surface area contributed by atoms with Gasteiger partial charge in [-0.2, -0.15) is 4.98 Å². The van der Waals surface area contributed by atoms with Crippen LogP contribution in [0.15, 0.2) is 22.7 Å². The van der Waals surface area contributed by atoms with Gasteiger partial charge in [0, 0.05) is 22.2 Å². The number of benzene rings is 1. The molecule has 3 N–H and O–H groups in total. The molecule has 2 aromatic rings. The van der Waals surface area contributed by atoms with Crippen LogP contribution in [0.5, 0.6) is 0 Å². The first-order chi connectivity index (χ1) is 10.5. The maximum atomic E-state index is 11.6. The van der Waals surface area contributed by atoms with Crippen molar-refractivity contribution in [1.29, 1.82) is 0 Å². The molecule has 2 rings (SSSR count). The number of halogens is 2. The summed E-state index contributed by atoms with van der Waals surface area (Å²) in [6, 6.07) is 4.28. The van der Waals surface area contributed by atoms with Crippen molar-refractivity contribution in [3.05, 3.63) is 45.5 Å². The highest BCUT2D eigenvalue weighted by atomic mass is 35.5. The molecular weight excluding hydrogens is 331 g/mol. The highest BCUT2D eigenvalue weighted by Gasteiger charge is 2.13. The van der Waals surface area contributed by atoms with Crippen LogP contribution < -0.4 is 10.6 Å². The second kappa shape index (κ2) is 7.44. The number of carbonyl (C=O) groups is 1. The first kappa shape index (κ1) is 16.5. The van der Waals surface area contributed by atoms with Crippen molar-refractivity contribution in [2.45, 2.75) is 19.6 Å². The summed E-state index contributed by atoms with van der Waals surface area (Å²) in [6.07, 6.45) is -0.943. The summed E-state index contributed by atoms with van der Waals surface area (Å²) >= 11 is 11.8. The quantitative estimate of drug-likeness (QED) is 0.772. The van der Waals surface area contributed by atoms with Gasteiger partial charge in [-0.3, -0.25) is 0 Å². The van der Waals surface area contributed by atoms with Gasteiger partial charge in [0.05, 0.1) is 12.6 Å². The van der Waals surface area contributed by atoms with E-state index in [0.717, 1.165) is 0 Å². The molecule has 0 fully saturated rings. The standard InChI is InChI=1S/C13H14Cl2N4O3/c1-7-18-12(22-19-7)6-17-13(21)16-5-11(20)9-3-2-8(14)4-10(9)15/h2-4,11,20H,5-6H2,1H3,(H2,16,17,21). The molecule has 0 aliphatic carbocycles. The maximum Gasteiger partial charge on any atom is 0.315 e. The molecule has 1 aromatic carbocycles. The number of aryl methyl sites for hydroxylation is 1. The van der Waals surface area contributed by atoms with E-state index in [0.29, 0.717) is 27.3 Å². The summed E-state index contributed by atoms with van der Waals surface area (Å²) in [4.78, 5) is 15.6. The highest BCUT2D eigenvalue weighted by molar-refractivity contribution is 6.35. The number of hydrogen-bond donors (Lipinski definition) is 3. The Kier molecular flexibility index (Phi) is 5.59. The van der Waals surface area contributed by atoms with Crippen LogP contribution in [0.3, 0.4) is 0 Å². The molecule has 9 heteroatoms. The Morgan fingerprint density at radius 1 is 1.41 bits per heavy atom. The first-order valence-electron chi connectivity index (χ1n) is 6.39. The fourth-order valence-electron chi connectivity index (χ4n) is 1.70. The van der Waals surface area contributed by atoms with Gasteiger partial charge in [-0.05, 0) is 19.1 Å². The Morgan fingerprint density at radius 2 is 2.18 bits per heavy atom. The Bertz CT molecular complexity index is 662. The lowest BCUT2D eigenvalue weighted by molar-refractivity contribution is 0.173. The van der Waals surface area contributed by atoms with Crippen LogP contribution in [0.1, 0.15) is 23.4 Å². The lowest BCUT2D eigenvalue weighted by Crippen LogP contribution is -2.37. The van der Waals surface area contributed by atoms with Gasteiger partial charge in [0.25, 0.3) is 0 Å². The van der Waals surface area contributed by atoms with E-state index < -0.39 is 12.1 Å². The van der Waals surface area contributed by atoms with Crippen LogP contribution in [0, 0.1) is 6.92 Å². The van der Waals surface area contributed by atoms with Gasteiger partial charge in [0.2, 0.25) is 5.89 Å². The van der Waals surface area contributed by atoms with E-state index in [-0.39, 0.29) is 13.1 Å². The zero-order chi connectivity index (χ0) is 16.1. The molecular formula is C13H14Cl2N4O3. The van der Waals surface area contributed by atoms with Crippen molar-refractivity contribution < 1.29 is 14.4 Å². The average molecular weight is 345 g/mol. The zero-order valence-corrected chi connectivity index (χ0v) is 13.1. The number of nitrogens with one attached hydrogen (secondary N) is 2. The van der Waals surface area contributed by atoms with Crippen LogP contribution in [-0.4, -0.2) is 27.8 Å². The third-order valence-corrected chi connectivity index (χ3v) is 3.31. The molecule has 7 nitrogen and oxygen atoms in total. The summed E-state index contributed by atoms with van der Waals surface area (Å²) in [5, 5.41) is 19.5. The lowest BCUT2D eigenvalue weighted by atomic mass is 10.1. The molecule has 22 heavy (non-hydrogen) atoms. The zero-order valence-electron chi connectivity index (χ0n) is 11.6. The summed E-state index contributed by atoms with van der Waals surface area (Å²) in [5.74, 6) is 0.791. The van der Waals surface area contributed by atoms with E-state index in [1.165, 1.54) is 6.07 Å². The Hall–Kier alpha value is -1.83. The third kappa shape index (κ3) is 4.59. The molecule has 0 aliphatic heterocycles. The minimum atomic E-state index is -0.943. The van der Waals surface area contributed by atoms with Crippen molar-refractivity contribution in [3.8, 4) is 0 Å². The minimum absolute atomic E-state index is 0.00392. The Labute approximate surface area is 136 Å². The van der Waals surface area contributed by atoms with E-state index in [2.05, 4.69) is 20.8 Å². The molecule has 1 atom stereocenters. The monoisotopic (exact) mass is 344 g/mol. The maximum absolute atomic E-state index is 11.6. The number of urea groups is 1. The fraction of sp³-hybridized carbons (Fsp3) is 0.308. The second-order valence-electron chi connectivity index (χ2n) is 4.48. The van der Waals surface area contributed by atoms with Crippen molar-refractivity contribution >= 4 is 29.2 Å². The molecule has 2 amide bonds. The van der Waals surface area contributed by atoms with Crippen molar-refractivity contribution in [2.24, 2.45) is 0 Å². The van der Waals surface area contributed by atoms with E-state index in [1.807, 2.05) is 0 Å². The number of aliphatic hydroxyl groups excluding tert-OH is 1. The van der Waals surface area contributed by atoms with Gasteiger partial charge in [0.1, 0.15) is 0 Å². The van der Waals surface area contributed by atoms with Gasteiger partial charge in [-0.25, -0.2) is 4.79 Å². The fourth-order valence-corrected chi connectivity index (χ4v) is 2.24. The second-order valence-corrected chi connectivity index (χ2v) is 5.32. The SMILES string of the molecule is Cc1noc(CNC(=O)NCC(O)c2ccc(Cl)cc2Cl)n1. The Morgan fingerprint density at radius 3 is 2.82 bits per heavy atom. The molecule has 0 spiro atoms. The molecule has 0 radical (unpaired) electrons. The predicted molar refractivity (Wildman–Crippen MR) is 80.7 cm³/mol. The number of carbonyl (C=O) groups excluding carboxylic acids is 1. The van der Waals surface area contributed by atoms with Crippen LogP contribution in [0.2, 0.25) is 10.0 Å². The lowest BCUT2D eigenvalue weighted by Gasteiger charge is -2.14. The third-order valence-electron chi connectivity index (χ3n) is 2.75. The molecule has 0 saturated carbocycles. The van der Waals surface area contributed by atoms with E-state index in [4.69, 9.17) is 27.7 Å². The van der Waals surface area contributed by atoms with Crippen LogP contribution in [0.25, 0.3) is 0 Å². The van der Waals surface area contributed by atoms with Crippen LogP contribution >= 0.6 is 23.2 Å². The predicted octanol–water partition coefficient (Wildman–Crippen LogP) is 2.22. The minimum Gasteiger partial charge on any atom is -0.387 e. The highest BCUT2D eigenvalue weighted by Crippen LogP contribution is 2.25. The van der Waals surface area contributed by atoms with E-state index in [1.54, 1.807) is 19.1 Å². The van der Waals surface area contributed by atoms with Gasteiger partial charge in [-0.15, -0.1) is 0 Å². The van der Waals surface area contributed by atoms with E-state index >= 15 is 0 Å².